The molecular weight excluding hydrogens is 397 g/mol. The summed E-state index contributed by atoms with van der Waals surface area (Å²) in [7, 11) is 0. The van der Waals surface area contributed by atoms with Gasteiger partial charge in [0.1, 0.15) is 18.2 Å². The molecule has 1 atom stereocenters. The topological polar surface area (TPSA) is 61.9 Å². The third kappa shape index (κ3) is 4.81. The van der Waals surface area contributed by atoms with Crippen molar-refractivity contribution in [2.75, 3.05) is 31.6 Å². The van der Waals surface area contributed by atoms with E-state index in [0.717, 1.165) is 38.8 Å². The third-order valence-electron chi connectivity index (χ3n) is 6.08. The molecule has 7 heteroatoms. The van der Waals surface area contributed by atoms with Gasteiger partial charge in [0.2, 0.25) is 0 Å². The zero-order valence-corrected chi connectivity index (χ0v) is 17.8. The molecule has 1 N–H and O–H groups in total. The number of ether oxygens (including phenoxy) is 1. The summed E-state index contributed by atoms with van der Waals surface area (Å²) >= 11 is 0. The zero-order chi connectivity index (χ0) is 21.8. The zero-order valence-electron chi connectivity index (χ0n) is 17.8. The molecule has 2 aliphatic heterocycles. The molecule has 164 valence electrons. The number of anilines is 1. The summed E-state index contributed by atoms with van der Waals surface area (Å²) in [5.41, 5.74) is 1.57. The van der Waals surface area contributed by atoms with Gasteiger partial charge in [0.15, 0.2) is 0 Å². The molecule has 2 fully saturated rings. The summed E-state index contributed by atoms with van der Waals surface area (Å²) in [5, 5.41) is 2.82. The Morgan fingerprint density at radius 3 is 2.55 bits per heavy atom. The van der Waals surface area contributed by atoms with Crippen LogP contribution in [0.15, 0.2) is 42.5 Å². The average molecular weight is 426 g/mol. The van der Waals surface area contributed by atoms with E-state index in [4.69, 9.17) is 4.74 Å². The van der Waals surface area contributed by atoms with E-state index in [2.05, 4.69) is 5.32 Å². The molecule has 0 radical (unpaired) electrons. The summed E-state index contributed by atoms with van der Waals surface area (Å²) in [6.45, 7) is 4.30. The van der Waals surface area contributed by atoms with Gasteiger partial charge in [-0.3, -0.25) is 4.79 Å². The fourth-order valence-electron chi connectivity index (χ4n) is 4.20. The maximum Gasteiger partial charge on any atom is 0.322 e. The van der Waals surface area contributed by atoms with Gasteiger partial charge in [-0.2, -0.15) is 0 Å². The highest BCUT2D eigenvalue weighted by molar-refractivity contribution is 5.94. The van der Waals surface area contributed by atoms with Crippen molar-refractivity contribution in [2.24, 2.45) is 0 Å². The lowest BCUT2D eigenvalue weighted by Gasteiger charge is -2.25. The van der Waals surface area contributed by atoms with Gasteiger partial charge in [-0.15, -0.1) is 0 Å². The van der Waals surface area contributed by atoms with Gasteiger partial charge in [0.25, 0.3) is 5.91 Å². The fraction of sp³-hybridized carbons (Fsp3) is 0.417. The molecule has 2 aliphatic rings. The first-order chi connectivity index (χ1) is 15.0. The number of hydrogen-bond donors (Lipinski definition) is 1. The number of nitrogens with zero attached hydrogens (tertiary/aromatic N) is 2. The highest BCUT2D eigenvalue weighted by Gasteiger charge is 2.29. The number of carbonyl (C=O) groups excluding carboxylic acids is 2. The Morgan fingerprint density at radius 2 is 1.81 bits per heavy atom. The van der Waals surface area contributed by atoms with Crippen molar-refractivity contribution in [1.29, 1.82) is 0 Å². The summed E-state index contributed by atoms with van der Waals surface area (Å²) in [6.07, 6.45) is 3.88. The Hall–Kier alpha value is -3.09. The molecule has 4 rings (SSSR count). The Morgan fingerprint density at radius 1 is 1.06 bits per heavy atom. The highest BCUT2D eigenvalue weighted by Crippen LogP contribution is 2.23. The van der Waals surface area contributed by atoms with Crippen LogP contribution in [0, 0.1) is 12.7 Å². The molecule has 2 heterocycles. The molecule has 0 aliphatic carbocycles. The van der Waals surface area contributed by atoms with Crippen LogP contribution in [0.2, 0.25) is 0 Å². The normalized spacial score (nSPS) is 18.3. The summed E-state index contributed by atoms with van der Waals surface area (Å²) in [4.78, 5) is 28.8. The van der Waals surface area contributed by atoms with E-state index >= 15 is 0 Å². The van der Waals surface area contributed by atoms with Gasteiger partial charge in [-0.05, 0) is 69.0 Å². The van der Waals surface area contributed by atoms with Crippen LogP contribution in [-0.4, -0.2) is 54.0 Å². The maximum atomic E-state index is 13.7. The SMILES string of the molecule is Cc1c(F)cccc1NC(=O)N1CCCC1COc1ccc(C(=O)N2CCCC2)cc1. The van der Waals surface area contributed by atoms with Gasteiger partial charge in [-0.25, -0.2) is 9.18 Å². The fourth-order valence-corrected chi connectivity index (χ4v) is 4.20. The lowest BCUT2D eigenvalue weighted by molar-refractivity contribution is 0.0792. The van der Waals surface area contributed by atoms with Gasteiger partial charge in [-0.1, -0.05) is 6.07 Å². The number of likely N-dealkylation sites (tertiary alicyclic amines) is 2. The molecule has 2 aromatic rings. The summed E-state index contributed by atoms with van der Waals surface area (Å²) in [6, 6.07) is 11.6. The molecule has 0 aromatic heterocycles. The van der Waals surface area contributed by atoms with Crippen molar-refractivity contribution in [3.05, 3.63) is 59.4 Å². The molecule has 6 nitrogen and oxygen atoms in total. The first kappa shape index (κ1) is 21.2. The van der Waals surface area contributed by atoms with Gasteiger partial charge >= 0.3 is 6.03 Å². The van der Waals surface area contributed by atoms with Crippen molar-refractivity contribution >= 4 is 17.6 Å². The van der Waals surface area contributed by atoms with Crippen molar-refractivity contribution in [3.8, 4) is 5.75 Å². The molecule has 1 unspecified atom stereocenters. The molecule has 3 amide bonds. The van der Waals surface area contributed by atoms with E-state index in [1.54, 1.807) is 48.2 Å². The molecule has 0 bridgehead atoms. The number of nitrogens with one attached hydrogen (secondary N) is 1. The van der Waals surface area contributed by atoms with Crippen LogP contribution in [0.25, 0.3) is 0 Å². The minimum Gasteiger partial charge on any atom is -0.491 e. The van der Waals surface area contributed by atoms with Crippen LogP contribution < -0.4 is 10.1 Å². The monoisotopic (exact) mass is 425 g/mol. The van der Waals surface area contributed by atoms with Crippen molar-refractivity contribution < 1.29 is 18.7 Å². The Labute approximate surface area is 182 Å². The predicted octanol–water partition coefficient (Wildman–Crippen LogP) is 4.45. The number of benzene rings is 2. The third-order valence-corrected chi connectivity index (χ3v) is 6.08. The number of hydrogen-bond acceptors (Lipinski definition) is 3. The first-order valence-electron chi connectivity index (χ1n) is 10.9. The van der Waals surface area contributed by atoms with Crippen molar-refractivity contribution in [3.63, 3.8) is 0 Å². The number of amides is 3. The largest absolute Gasteiger partial charge is 0.491 e. The summed E-state index contributed by atoms with van der Waals surface area (Å²) in [5.74, 6) is 0.396. The lowest BCUT2D eigenvalue weighted by atomic mass is 10.2. The van der Waals surface area contributed by atoms with Crippen molar-refractivity contribution in [1.82, 2.24) is 9.80 Å². The van der Waals surface area contributed by atoms with E-state index in [0.29, 0.717) is 35.7 Å². The lowest BCUT2D eigenvalue weighted by Crippen LogP contribution is -2.41. The van der Waals surface area contributed by atoms with Gasteiger partial charge < -0.3 is 19.9 Å². The van der Waals surface area contributed by atoms with Crippen LogP contribution in [-0.2, 0) is 0 Å². The first-order valence-corrected chi connectivity index (χ1v) is 10.9. The van der Waals surface area contributed by atoms with Crippen LogP contribution in [0.4, 0.5) is 14.9 Å². The van der Waals surface area contributed by atoms with Crippen molar-refractivity contribution in [2.45, 2.75) is 38.6 Å². The second-order valence-corrected chi connectivity index (χ2v) is 8.17. The highest BCUT2D eigenvalue weighted by atomic mass is 19.1. The molecule has 0 saturated carbocycles. The Balaban J connectivity index is 1.33. The second-order valence-electron chi connectivity index (χ2n) is 8.17. The van der Waals surface area contributed by atoms with E-state index in [1.165, 1.54) is 6.07 Å². The molecule has 2 aromatic carbocycles. The molecule has 31 heavy (non-hydrogen) atoms. The predicted molar refractivity (Wildman–Crippen MR) is 117 cm³/mol. The minimum atomic E-state index is -0.342. The molecule has 2 saturated heterocycles. The van der Waals surface area contributed by atoms with Crippen LogP contribution >= 0.6 is 0 Å². The smallest absolute Gasteiger partial charge is 0.322 e. The quantitative estimate of drug-likeness (QED) is 0.770. The van der Waals surface area contributed by atoms with E-state index in [-0.39, 0.29) is 23.8 Å². The maximum absolute atomic E-state index is 13.7. The standard InChI is InChI=1S/C24H28FN3O3/c1-17-21(25)7-4-8-22(17)26-24(30)28-15-5-6-19(28)16-31-20-11-9-18(10-12-20)23(29)27-13-2-3-14-27/h4,7-12,19H,2-3,5-6,13-16H2,1H3,(H,26,30). The average Bonchev–Trinajstić information content (AvgIpc) is 3.47. The van der Waals surface area contributed by atoms with Crippen LogP contribution in [0.3, 0.4) is 0 Å². The number of rotatable bonds is 5. The Kier molecular flexibility index (Phi) is 6.39. The van der Waals surface area contributed by atoms with Gasteiger partial charge in [0, 0.05) is 36.4 Å². The van der Waals surface area contributed by atoms with E-state index < -0.39 is 0 Å². The number of carbonyl (C=O) groups is 2. The van der Waals surface area contributed by atoms with Crippen LogP contribution in [0.1, 0.15) is 41.6 Å². The second kappa shape index (κ2) is 9.37. The number of urea groups is 1. The number of halogens is 1. The molecule has 0 spiro atoms. The van der Waals surface area contributed by atoms with E-state index in [9.17, 15) is 14.0 Å². The van der Waals surface area contributed by atoms with Gasteiger partial charge in [0.05, 0.1) is 6.04 Å². The Bertz CT molecular complexity index is 942. The molecular formula is C24H28FN3O3. The van der Waals surface area contributed by atoms with Crippen LogP contribution in [0.5, 0.6) is 5.75 Å². The minimum absolute atomic E-state index is 0.0558. The van der Waals surface area contributed by atoms with E-state index in [1.807, 2.05) is 4.90 Å². The summed E-state index contributed by atoms with van der Waals surface area (Å²) < 4.78 is 19.7.